The van der Waals surface area contributed by atoms with Crippen molar-refractivity contribution >= 4 is 62.6 Å². The molecule has 3 heterocycles. The molecule has 1 aliphatic heterocycles. The van der Waals surface area contributed by atoms with Gasteiger partial charge in [-0.1, -0.05) is 44.5 Å². The van der Waals surface area contributed by atoms with Gasteiger partial charge in [0.2, 0.25) is 21.4 Å². The number of anilines is 1. The minimum Gasteiger partial charge on any atom is -0.480 e. The number of nitrogens with one attached hydrogen (secondary N) is 5. The number of hydrogen-bond acceptors (Lipinski definition) is 15. The van der Waals surface area contributed by atoms with Crippen LogP contribution < -0.4 is 26.1 Å². The van der Waals surface area contributed by atoms with E-state index >= 15 is 0 Å². The molecule has 0 aliphatic carbocycles. The summed E-state index contributed by atoms with van der Waals surface area (Å²) in [6.45, 7) is 23.1. The molecule has 2 amide bonds. The summed E-state index contributed by atoms with van der Waals surface area (Å²) in [5.41, 5.74) is 2.37. The van der Waals surface area contributed by atoms with Crippen molar-refractivity contribution in [2.75, 3.05) is 96.9 Å². The second-order valence-corrected chi connectivity index (χ2v) is 21.7. The van der Waals surface area contributed by atoms with Gasteiger partial charge in [-0.2, -0.15) is 44.2 Å². The van der Waals surface area contributed by atoms with Gasteiger partial charge in [0.1, 0.15) is 11.6 Å². The maximum absolute atomic E-state index is 14.0. The Kier molecular flexibility index (Phi) is 31.5. The van der Waals surface area contributed by atoms with Gasteiger partial charge in [0.25, 0.3) is 5.91 Å². The van der Waals surface area contributed by atoms with Crippen molar-refractivity contribution in [3.63, 3.8) is 0 Å². The number of fused-ring (bicyclic) bond motifs is 1. The van der Waals surface area contributed by atoms with E-state index in [0.717, 1.165) is 102 Å². The van der Waals surface area contributed by atoms with Crippen LogP contribution in [-0.4, -0.2) is 215 Å². The van der Waals surface area contributed by atoms with Crippen molar-refractivity contribution in [1.29, 1.82) is 0 Å². The second kappa shape index (κ2) is 36.2. The van der Waals surface area contributed by atoms with Crippen LogP contribution in [0.2, 0.25) is 0 Å². The molecule has 0 spiro atoms. The van der Waals surface area contributed by atoms with E-state index in [4.69, 9.17) is 29.7 Å². The van der Waals surface area contributed by atoms with Crippen molar-refractivity contribution in [3.8, 4) is 0 Å². The number of aromatic amines is 1. The fraction of sp³-hybridized carbons (Fsp3) is 0.556. The molecular weight excluding hydrogens is 1210 g/mol. The number of carbonyl (C=O) groups is 6. The summed E-state index contributed by atoms with van der Waals surface area (Å²) in [4.78, 5) is 97.3. The Bertz CT molecular complexity index is 2990. The van der Waals surface area contributed by atoms with Crippen LogP contribution in [0.15, 0.2) is 58.6 Å². The van der Waals surface area contributed by atoms with Crippen LogP contribution in [0, 0.1) is 20.8 Å². The van der Waals surface area contributed by atoms with Crippen LogP contribution in [0.3, 0.4) is 0 Å². The normalized spacial score (nSPS) is 14.7. The monoisotopic (exact) mass is 1290 g/mol. The maximum Gasteiger partial charge on any atom is 0.490 e. The second-order valence-electron chi connectivity index (χ2n) is 20.1. The number of hydrogen-bond donors (Lipinski definition) is 9. The Morgan fingerprint density at radius 2 is 1.12 bits per heavy atom. The summed E-state index contributed by atoms with van der Waals surface area (Å²) < 4.78 is 126. The van der Waals surface area contributed by atoms with Crippen molar-refractivity contribution in [2.24, 2.45) is 0 Å². The van der Waals surface area contributed by atoms with Crippen molar-refractivity contribution in [1.82, 2.24) is 49.5 Å². The molecule has 9 N–H and O–H groups in total. The van der Waals surface area contributed by atoms with Gasteiger partial charge in [0.05, 0.1) is 17.0 Å². The zero-order valence-corrected chi connectivity index (χ0v) is 50.1. The number of nitrogens with zero attached hydrogens (tertiary/aromatic N) is 6. The first kappa shape index (κ1) is 76.7. The fourth-order valence-electron chi connectivity index (χ4n) is 8.84. The van der Waals surface area contributed by atoms with Gasteiger partial charge in [-0.05, 0) is 94.9 Å². The largest absolute Gasteiger partial charge is 0.490 e. The maximum atomic E-state index is 14.0. The van der Waals surface area contributed by atoms with Crippen molar-refractivity contribution in [3.05, 3.63) is 87.0 Å². The lowest BCUT2D eigenvalue weighted by molar-refractivity contribution is -0.193. The third-order valence-corrected chi connectivity index (χ3v) is 14.6. The predicted octanol–water partition coefficient (Wildman–Crippen LogP) is 5.28. The Labute approximate surface area is 501 Å². The molecule has 1 unspecified atom stereocenters. The number of carbonyl (C=O) groups excluding carboxylic acids is 2. The number of pyridine rings is 1. The van der Waals surface area contributed by atoms with Gasteiger partial charge < -0.3 is 60.6 Å². The summed E-state index contributed by atoms with van der Waals surface area (Å²) in [6.07, 6.45) is -6.72. The summed E-state index contributed by atoms with van der Waals surface area (Å²) in [6, 6.07) is 6.94. The number of imidazole rings is 1. The number of aryl methyl sites for hydroxylation is 4. The Morgan fingerprint density at radius 3 is 1.53 bits per heavy atom. The third kappa shape index (κ3) is 27.3. The summed E-state index contributed by atoms with van der Waals surface area (Å²) >= 11 is 0. The first-order valence-corrected chi connectivity index (χ1v) is 29.0. The number of benzene rings is 2. The highest BCUT2D eigenvalue weighted by Crippen LogP contribution is 2.23. The highest BCUT2D eigenvalue weighted by molar-refractivity contribution is 7.89. The number of rotatable bonds is 22. The summed E-state index contributed by atoms with van der Waals surface area (Å²) in [5.74, 6) is -10.1. The van der Waals surface area contributed by atoms with Crippen LogP contribution >= 0.6 is 0 Å². The molecule has 24 nitrogen and oxygen atoms in total. The number of H-pyrrole nitrogens is 1. The Morgan fingerprint density at radius 1 is 0.670 bits per heavy atom. The van der Waals surface area contributed by atoms with E-state index in [1.165, 1.54) is 6.20 Å². The molecule has 1 aliphatic rings. The SMILES string of the molecule is CCCN1CCN(CCC)CCN(CC(=O)NCCCn2cc(C(=O)NCC(NS(=O)(=O)c3c(C)cc(C)cc3C)C(=O)O)c(=O)c3ccc(CNc4ncc[nH]4)cc32)CCN(CCC)CC1.O=C(O)C(F)(F)F.O=C(O)C(F)(F)F.O=C(O)C(F)(F)F. The van der Waals surface area contributed by atoms with E-state index in [1.807, 2.05) is 13.0 Å². The minimum atomic E-state index is -5.08. The number of amides is 2. The molecule has 0 radical (unpaired) electrons. The van der Waals surface area contributed by atoms with E-state index in [9.17, 15) is 72.2 Å². The molecule has 2 aromatic heterocycles. The zero-order chi connectivity index (χ0) is 66.7. The van der Waals surface area contributed by atoms with E-state index in [2.05, 4.69) is 71.0 Å². The summed E-state index contributed by atoms with van der Waals surface area (Å²) in [7, 11) is -4.31. The molecule has 494 valence electrons. The lowest BCUT2D eigenvalue weighted by Crippen LogP contribution is -2.49. The van der Waals surface area contributed by atoms with Crippen LogP contribution in [0.1, 0.15) is 79.1 Å². The number of alkyl halides is 9. The van der Waals surface area contributed by atoms with E-state index < -0.39 is 76.4 Å². The first-order valence-electron chi connectivity index (χ1n) is 27.5. The van der Waals surface area contributed by atoms with Crippen LogP contribution in [0.5, 0.6) is 0 Å². The third-order valence-electron chi connectivity index (χ3n) is 12.8. The zero-order valence-electron chi connectivity index (χ0n) is 49.3. The van der Waals surface area contributed by atoms with Crippen molar-refractivity contribution < 1.29 is 97.1 Å². The minimum absolute atomic E-state index is 0.0339. The lowest BCUT2D eigenvalue weighted by atomic mass is 10.1. The number of aliphatic carboxylic acids is 4. The van der Waals surface area contributed by atoms with Gasteiger partial charge in [-0.3, -0.25) is 24.1 Å². The molecule has 1 saturated heterocycles. The van der Waals surface area contributed by atoms with Gasteiger partial charge in [0, 0.05) is 103 Å². The molecule has 1 fully saturated rings. The first-order chi connectivity index (χ1) is 40.9. The summed E-state index contributed by atoms with van der Waals surface area (Å²) in [5, 5.41) is 40.5. The van der Waals surface area contributed by atoms with E-state index in [0.29, 0.717) is 48.6 Å². The smallest absolute Gasteiger partial charge is 0.480 e. The Balaban J connectivity index is 0.00000107. The highest BCUT2D eigenvalue weighted by atomic mass is 32.2. The molecule has 88 heavy (non-hydrogen) atoms. The average molecular weight is 1290 g/mol. The number of carboxylic acids is 4. The van der Waals surface area contributed by atoms with Gasteiger partial charge in [-0.25, -0.2) is 27.8 Å². The molecular formula is C54H76F9N11O13S. The van der Waals surface area contributed by atoms with Crippen molar-refractivity contribution in [2.45, 2.75) is 110 Å². The number of sulfonamides is 1. The number of aromatic nitrogens is 3. The average Bonchev–Trinajstić information content (AvgIpc) is 0.874. The molecule has 4 aromatic rings. The fourth-order valence-corrected chi connectivity index (χ4v) is 10.5. The van der Waals surface area contributed by atoms with E-state index in [1.54, 1.807) is 55.1 Å². The van der Waals surface area contributed by atoms with Crippen LogP contribution in [-0.2, 0) is 47.1 Å². The molecule has 5 rings (SSSR count). The lowest BCUT2D eigenvalue weighted by Gasteiger charge is -2.34. The van der Waals surface area contributed by atoms with Gasteiger partial charge >= 0.3 is 42.4 Å². The van der Waals surface area contributed by atoms with E-state index in [-0.39, 0.29) is 28.3 Å². The Hall–Kier alpha value is -7.40. The molecule has 1 atom stereocenters. The number of carboxylic acid groups (broad SMARTS) is 4. The quantitative estimate of drug-likeness (QED) is 0.0357. The van der Waals surface area contributed by atoms with Gasteiger partial charge in [0.15, 0.2) is 5.95 Å². The molecule has 34 heteroatoms. The predicted molar refractivity (Wildman–Crippen MR) is 304 cm³/mol. The molecule has 0 saturated carbocycles. The number of halogens is 9. The standard InChI is InChI=1S/C48H73N11O7S.3C2HF3O2/c1-7-16-55-20-22-56(17-8-2)24-26-58(27-25-57(18-9-3)23-21-55)34-43(60)49-13-10-19-59-33-40(44(61)39-12-11-38(30-42(39)59)31-53-48-50-14-15-51-48)46(62)52-32-41(47(63)64)54-67(65,66)45-36(5)28-35(4)29-37(45)6;3*3-2(4,5)1(6)7/h11-12,14-15,28-30,33,41,54H,7-10,13,16-27,31-32,34H2,1-6H3,(H,49,60)(H,52,62)(H,63,64)(H2,50,51,53);3*(H,6,7). The highest BCUT2D eigenvalue weighted by Gasteiger charge is 2.40. The van der Waals surface area contributed by atoms with Crippen LogP contribution in [0.4, 0.5) is 45.5 Å². The van der Waals surface area contributed by atoms with Crippen LogP contribution in [0.25, 0.3) is 10.9 Å². The topological polar surface area (TPSA) is 329 Å². The molecule has 2 aromatic carbocycles. The van der Waals surface area contributed by atoms with Gasteiger partial charge in [-0.15, -0.1) is 0 Å². The molecule has 0 bridgehead atoms.